The summed E-state index contributed by atoms with van der Waals surface area (Å²) >= 11 is 0. The lowest BCUT2D eigenvalue weighted by Crippen LogP contribution is -2.37. The highest BCUT2D eigenvalue weighted by atomic mass is 16.5. The smallest absolute Gasteiger partial charge is 0.260 e. The van der Waals surface area contributed by atoms with Crippen LogP contribution < -0.4 is 4.74 Å². The summed E-state index contributed by atoms with van der Waals surface area (Å²) in [5, 5.41) is 0. The first kappa shape index (κ1) is 19.3. The molecular formula is C26H27NO2. The molecule has 0 radical (unpaired) electrons. The molecule has 0 aliphatic carbocycles. The summed E-state index contributed by atoms with van der Waals surface area (Å²) in [5.74, 6) is 1.21. The van der Waals surface area contributed by atoms with Crippen molar-refractivity contribution in [3.8, 4) is 16.9 Å². The number of likely N-dealkylation sites (tertiary alicyclic amines) is 1. The summed E-state index contributed by atoms with van der Waals surface area (Å²) in [4.78, 5) is 14.8. The van der Waals surface area contributed by atoms with E-state index in [4.69, 9.17) is 4.74 Å². The normalized spacial score (nSPS) is 16.8. The molecule has 1 aliphatic rings. The van der Waals surface area contributed by atoms with Gasteiger partial charge in [-0.2, -0.15) is 0 Å². The zero-order valence-electron chi connectivity index (χ0n) is 16.7. The molecule has 1 amide bonds. The molecule has 1 atom stereocenters. The molecule has 148 valence electrons. The van der Waals surface area contributed by atoms with Gasteiger partial charge < -0.3 is 9.64 Å². The molecule has 3 aromatic carbocycles. The molecule has 0 aromatic heterocycles. The Hall–Kier alpha value is -3.07. The topological polar surface area (TPSA) is 29.5 Å². The van der Waals surface area contributed by atoms with Crippen LogP contribution in [0, 0.1) is 0 Å². The second kappa shape index (κ2) is 9.42. The minimum absolute atomic E-state index is 0.0694. The summed E-state index contributed by atoms with van der Waals surface area (Å²) in [7, 11) is 0. The van der Waals surface area contributed by atoms with Crippen molar-refractivity contribution >= 4 is 5.91 Å². The highest BCUT2D eigenvalue weighted by molar-refractivity contribution is 5.78. The van der Waals surface area contributed by atoms with Crippen LogP contribution in [-0.4, -0.2) is 30.5 Å². The fraction of sp³-hybridized carbons (Fsp3) is 0.269. The molecule has 1 saturated heterocycles. The lowest BCUT2D eigenvalue weighted by Gasteiger charge is -2.25. The molecule has 3 heteroatoms. The van der Waals surface area contributed by atoms with E-state index in [0.29, 0.717) is 5.92 Å². The largest absolute Gasteiger partial charge is 0.484 e. The van der Waals surface area contributed by atoms with Crippen molar-refractivity contribution in [3.63, 3.8) is 0 Å². The number of carbonyl (C=O) groups is 1. The molecule has 0 bridgehead atoms. The Kier molecular flexibility index (Phi) is 6.25. The first-order valence-corrected chi connectivity index (χ1v) is 10.4. The molecule has 1 aliphatic heterocycles. The molecule has 3 aromatic rings. The molecule has 1 unspecified atom stereocenters. The zero-order chi connectivity index (χ0) is 19.9. The molecule has 3 nitrogen and oxygen atoms in total. The van der Waals surface area contributed by atoms with Crippen molar-refractivity contribution in [3.05, 3.63) is 90.5 Å². The SMILES string of the molecule is O=C(COc1ccc(-c2ccccc2)cc1)N1CCCCC(c2ccccc2)C1. The number of carbonyl (C=O) groups excluding carboxylic acids is 1. The third-order valence-corrected chi connectivity index (χ3v) is 5.62. The summed E-state index contributed by atoms with van der Waals surface area (Å²) in [6.07, 6.45) is 3.35. The molecule has 4 rings (SSSR count). The van der Waals surface area contributed by atoms with Gasteiger partial charge in [-0.15, -0.1) is 0 Å². The molecule has 0 saturated carbocycles. The highest BCUT2D eigenvalue weighted by Gasteiger charge is 2.23. The number of nitrogens with zero attached hydrogens (tertiary/aromatic N) is 1. The second-order valence-electron chi connectivity index (χ2n) is 7.62. The van der Waals surface area contributed by atoms with Crippen LogP contribution in [0.25, 0.3) is 11.1 Å². The van der Waals surface area contributed by atoms with Gasteiger partial charge in [0, 0.05) is 19.0 Å². The van der Waals surface area contributed by atoms with Crippen LogP contribution in [0.4, 0.5) is 0 Å². The molecule has 1 heterocycles. The van der Waals surface area contributed by atoms with E-state index in [2.05, 4.69) is 36.4 Å². The number of amides is 1. The van der Waals surface area contributed by atoms with Gasteiger partial charge in [-0.25, -0.2) is 0 Å². The third-order valence-electron chi connectivity index (χ3n) is 5.62. The van der Waals surface area contributed by atoms with Gasteiger partial charge in [0.1, 0.15) is 5.75 Å². The summed E-state index contributed by atoms with van der Waals surface area (Å²) in [5.41, 5.74) is 3.64. The highest BCUT2D eigenvalue weighted by Crippen LogP contribution is 2.27. The predicted molar refractivity (Wildman–Crippen MR) is 117 cm³/mol. The Morgan fingerprint density at radius 2 is 1.48 bits per heavy atom. The van der Waals surface area contributed by atoms with Crippen LogP contribution in [0.5, 0.6) is 5.75 Å². The average Bonchev–Trinajstić information content (AvgIpc) is 3.06. The molecular weight excluding hydrogens is 358 g/mol. The second-order valence-corrected chi connectivity index (χ2v) is 7.62. The van der Waals surface area contributed by atoms with Crippen LogP contribution in [0.1, 0.15) is 30.7 Å². The quantitative estimate of drug-likeness (QED) is 0.578. The van der Waals surface area contributed by atoms with E-state index in [0.717, 1.165) is 43.7 Å². The van der Waals surface area contributed by atoms with Crippen LogP contribution in [0.2, 0.25) is 0 Å². The summed E-state index contributed by atoms with van der Waals surface area (Å²) < 4.78 is 5.80. The van der Waals surface area contributed by atoms with Gasteiger partial charge in [-0.3, -0.25) is 4.79 Å². The van der Waals surface area contributed by atoms with Gasteiger partial charge in [0.25, 0.3) is 5.91 Å². The number of rotatable bonds is 5. The number of hydrogen-bond donors (Lipinski definition) is 0. The van der Waals surface area contributed by atoms with E-state index < -0.39 is 0 Å². The van der Waals surface area contributed by atoms with E-state index in [9.17, 15) is 4.79 Å². The van der Waals surface area contributed by atoms with Gasteiger partial charge >= 0.3 is 0 Å². The Morgan fingerprint density at radius 1 is 0.828 bits per heavy atom. The first-order chi connectivity index (χ1) is 14.3. The van der Waals surface area contributed by atoms with Crippen LogP contribution >= 0.6 is 0 Å². The fourth-order valence-corrected chi connectivity index (χ4v) is 3.98. The van der Waals surface area contributed by atoms with Crippen molar-refractivity contribution in [1.29, 1.82) is 0 Å². The number of hydrogen-bond acceptors (Lipinski definition) is 2. The lowest BCUT2D eigenvalue weighted by atomic mass is 9.94. The van der Waals surface area contributed by atoms with Crippen molar-refractivity contribution < 1.29 is 9.53 Å². The first-order valence-electron chi connectivity index (χ1n) is 10.4. The van der Waals surface area contributed by atoms with Crippen molar-refractivity contribution in [2.24, 2.45) is 0 Å². The van der Waals surface area contributed by atoms with Crippen LogP contribution in [-0.2, 0) is 4.79 Å². The van der Waals surface area contributed by atoms with Crippen LogP contribution in [0.15, 0.2) is 84.9 Å². The third kappa shape index (κ3) is 5.05. The van der Waals surface area contributed by atoms with E-state index >= 15 is 0 Å². The number of benzene rings is 3. The Morgan fingerprint density at radius 3 is 2.21 bits per heavy atom. The van der Waals surface area contributed by atoms with E-state index in [1.54, 1.807) is 0 Å². The van der Waals surface area contributed by atoms with Crippen LogP contribution in [0.3, 0.4) is 0 Å². The molecule has 0 spiro atoms. The van der Waals surface area contributed by atoms with Gasteiger partial charge in [-0.05, 0) is 41.7 Å². The zero-order valence-corrected chi connectivity index (χ0v) is 16.7. The van der Waals surface area contributed by atoms with Crippen molar-refractivity contribution in [2.45, 2.75) is 25.2 Å². The van der Waals surface area contributed by atoms with Gasteiger partial charge in [0.05, 0.1) is 0 Å². The molecule has 0 N–H and O–H groups in total. The Bertz CT molecular complexity index is 906. The maximum absolute atomic E-state index is 12.8. The maximum Gasteiger partial charge on any atom is 0.260 e. The minimum Gasteiger partial charge on any atom is -0.484 e. The predicted octanol–water partition coefficient (Wildman–Crippen LogP) is 5.53. The van der Waals surface area contributed by atoms with E-state index in [-0.39, 0.29) is 12.5 Å². The average molecular weight is 386 g/mol. The van der Waals surface area contributed by atoms with Gasteiger partial charge in [0.2, 0.25) is 0 Å². The van der Waals surface area contributed by atoms with Gasteiger partial charge in [-0.1, -0.05) is 79.2 Å². The monoisotopic (exact) mass is 385 g/mol. The fourth-order valence-electron chi connectivity index (χ4n) is 3.98. The van der Waals surface area contributed by atoms with Gasteiger partial charge in [0.15, 0.2) is 6.61 Å². The molecule has 29 heavy (non-hydrogen) atoms. The van der Waals surface area contributed by atoms with E-state index in [1.807, 2.05) is 53.4 Å². The van der Waals surface area contributed by atoms with Crippen molar-refractivity contribution in [2.75, 3.05) is 19.7 Å². The Labute approximate surface area is 172 Å². The number of ether oxygens (including phenoxy) is 1. The lowest BCUT2D eigenvalue weighted by molar-refractivity contribution is -0.133. The van der Waals surface area contributed by atoms with E-state index in [1.165, 1.54) is 11.1 Å². The van der Waals surface area contributed by atoms with Crippen molar-refractivity contribution in [1.82, 2.24) is 4.90 Å². The maximum atomic E-state index is 12.8. The Balaban J connectivity index is 1.35. The minimum atomic E-state index is 0.0694. The standard InChI is InChI=1S/C26H27NO2/c28-26(27-18-8-7-13-24(19-27)22-11-5-2-6-12-22)20-29-25-16-14-23(15-17-25)21-9-3-1-4-10-21/h1-6,9-12,14-17,24H,7-8,13,18-20H2. The summed E-state index contributed by atoms with van der Waals surface area (Å²) in [6, 6.07) is 28.7. The molecule has 1 fully saturated rings. The summed E-state index contributed by atoms with van der Waals surface area (Å²) in [6.45, 7) is 1.68.